The van der Waals surface area contributed by atoms with Crippen molar-refractivity contribution >= 4 is 35.1 Å². The zero-order chi connectivity index (χ0) is 21.9. The molecular formula is C16H16ClF3N6O4. The van der Waals surface area contributed by atoms with Gasteiger partial charge in [0, 0.05) is 26.2 Å². The van der Waals surface area contributed by atoms with Gasteiger partial charge in [-0.3, -0.25) is 14.9 Å². The number of aromatic nitrogens is 4. The van der Waals surface area contributed by atoms with E-state index in [1.807, 2.05) is 0 Å². The second kappa shape index (κ2) is 8.83. The normalized spacial score (nSPS) is 15.0. The molecule has 0 saturated carbocycles. The van der Waals surface area contributed by atoms with E-state index in [0.717, 1.165) is 12.1 Å². The molecule has 1 aliphatic heterocycles. The van der Waals surface area contributed by atoms with Crippen molar-refractivity contribution in [2.24, 2.45) is 13.0 Å². The van der Waals surface area contributed by atoms with Gasteiger partial charge in [-0.05, 0) is 35.4 Å². The van der Waals surface area contributed by atoms with E-state index >= 15 is 0 Å². The lowest BCUT2D eigenvalue weighted by Crippen LogP contribution is -2.29. The molecule has 162 valence electrons. The van der Waals surface area contributed by atoms with Crippen LogP contribution in [0.4, 0.5) is 24.8 Å². The summed E-state index contributed by atoms with van der Waals surface area (Å²) in [6.07, 6.45) is -4.23. The number of ether oxygens (including phenoxy) is 2. The number of nitrogens with zero attached hydrogens (tertiary/aromatic N) is 4. The fourth-order valence-electron chi connectivity index (χ4n) is 2.75. The van der Waals surface area contributed by atoms with Crippen LogP contribution in [0.15, 0.2) is 12.1 Å². The first-order chi connectivity index (χ1) is 14.2. The zero-order valence-corrected chi connectivity index (χ0v) is 16.3. The first-order valence-corrected chi connectivity index (χ1v) is 9.04. The Labute approximate surface area is 172 Å². The van der Waals surface area contributed by atoms with E-state index < -0.39 is 40.6 Å². The maximum absolute atomic E-state index is 12.8. The summed E-state index contributed by atoms with van der Waals surface area (Å²) in [5, 5.41) is 14.8. The second-order valence-corrected chi connectivity index (χ2v) is 6.68. The minimum Gasteiger partial charge on any atom is -0.404 e. The van der Waals surface area contributed by atoms with E-state index in [0.29, 0.717) is 26.1 Å². The largest absolute Gasteiger partial charge is 0.573 e. The van der Waals surface area contributed by atoms with E-state index in [1.54, 1.807) is 0 Å². The molecule has 10 nitrogen and oxygen atoms in total. The molecule has 0 radical (unpaired) electrons. The van der Waals surface area contributed by atoms with Crippen LogP contribution in [0.2, 0.25) is 5.02 Å². The Bertz CT molecular complexity index is 946. The van der Waals surface area contributed by atoms with Gasteiger partial charge in [0.05, 0.1) is 10.6 Å². The van der Waals surface area contributed by atoms with Crippen LogP contribution in [0.3, 0.4) is 0 Å². The first kappa shape index (κ1) is 21.8. The molecule has 0 atom stereocenters. The van der Waals surface area contributed by atoms with Gasteiger partial charge in [-0.15, -0.1) is 13.2 Å². The quantitative estimate of drug-likeness (QED) is 0.720. The molecule has 30 heavy (non-hydrogen) atoms. The van der Waals surface area contributed by atoms with Gasteiger partial charge in [0.25, 0.3) is 5.91 Å². The van der Waals surface area contributed by atoms with Crippen molar-refractivity contribution < 1.29 is 32.2 Å². The number of carbonyl (C=O) groups excluding carboxylic acids is 2. The molecule has 2 aromatic rings. The summed E-state index contributed by atoms with van der Waals surface area (Å²) in [5.74, 6) is -2.58. The number of anilines is 2. The lowest BCUT2D eigenvalue weighted by atomic mass is 9.99. The van der Waals surface area contributed by atoms with Crippen LogP contribution in [0, 0.1) is 5.92 Å². The van der Waals surface area contributed by atoms with Gasteiger partial charge in [-0.25, -0.2) is 4.68 Å². The van der Waals surface area contributed by atoms with Crippen LogP contribution >= 0.6 is 11.6 Å². The topological polar surface area (TPSA) is 120 Å². The summed E-state index contributed by atoms with van der Waals surface area (Å²) in [5.41, 5.74) is -0.675. The molecule has 0 bridgehead atoms. The number of alkyl halides is 3. The minimum absolute atomic E-state index is 0.0144. The van der Waals surface area contributed by atoms with Crippen molar-refractivity contribution in [1.29, 1.82) is 0 Å². The Hall–Kier alpha value is -2.93. The first-order valence-electron chi connectivity index (χ1n) is 8.66. The fraction of sp³-hybridized carbons (Fsp3) is 0.438. The summed E-state index contributed by atoms with van der Waals surface area (Å²) in [6, 6.07) is 1.93. The Morgan fingerprint density at radius 3 is 2.57 bits per heavy atom. The van der Waals surface area contributed by atoms with E-state index in [1.165, 1.54) is 11.7 Å². The molecule has 1 saturated heterocycles. The van der Waals surface area contributed by atoms with Gasteiger partial charge in [0.2, 0.25) is 11.9 Å². The third kappa shape index (κ3) is 5.16. The van der Waals surface area contributed by atoms with Gasteiger partial charge >= 0.3 is 6.36 Å². The monoisotopic (exact) mass is 448 g/mol. The zero-order valence-electron chi connectivity index (χ0n) is 15.5. The molecule has 14 heteroatoms. The third-order valence-corrected chi connectivity index (χ3v) is 4.65. The van der Waals surface area contributed by atoms with Crippen LogP contribution < -0.4 is 15.4 Å². The van der Waals surface area contributed by atoms with Crippen LogP contribution in [0.5, 0.6) is 5.75 Å². The predicted octanol–water partition coefficient (Wildman–Crippen LogP) is 2.38. The summed E-state index contributed by atoms with van der Waals surface area (Å²) in [4.78, 5) is 25.1. The number of benzene rings is 1. The Kier molecular flexibility index (Phi) is 6.41. The summed E-state index contributed by atoms with van der Waals surface area (Å²) in [6.45, 7) is 0.706. The van der Waals surface area contributed by atoms with Crippen LogP contribution in [-0.4, -0.2) is 51.6 Å². The number of aryl methyl sites for hydroxylation is 1. The van der Waals surface area contributed by atoms with Crippen molar-refractivity contribution in [2.45, 2.75) is 19.2 Å². The van der Waals surface area contributed by atoms with Crippen molar-refractivity contribution in [1.82, 2.24) is 20.2 Å². The molecular weight excluding hydrogens is 433 g/mol. The van der Waals surface area contributed by atoms with Crippen LogP contribution in [0.1, 0.15) is 23.2 Å². The minimum atomic E-state index is -5.03. The molecule has 1 aromatic carbocycles. The number of hydrogen-bond donors (Lipinski definition) is 2. The molecule has 1 aromatic heterocycles. The van der Waals surface area contributed by atoms with Crippen LogP contribution in [-0.2, 0) is 16.6 Å². The van der Waals surface area contributed by atoms with Gasteiger partial charge in [0.15, 0.2) is 5.75 Å². The molecule has 1 aliphatic rings. The number of rotatable bonds is 5. The standard InChI is InChI=1S/C16H16ClF3N6O4/c1-26-15(23-24-25-26)22-14(28)9-2-3-10(30-16(18,19)20)12(11(9)17)21-13(27)8-4-6-29-7-5-8/h2-3,8H,4-7H2,1H3,(H,21,27)(H,22,23,25,28). The maximum Gasteiger partial charge on any atom is 0.573 e. The Morgan fingerprint density at radius 2 is 1.97 bits per heavy atom. The summed E-state index contributed by atoms with van der Waals surface area (Å²) in [7, 11) is 1.47. The van der Waals surface area contributed by atoms with E-state index in [4.69, 9.17) is 16.3 Å². The fourth-order valence-corrected chi connectivity index (χ4v) is 3.04. The number of nitrogens with one attached hydrogen (secondary N) is 2. The van der Waals surface area contributed by atoms with E-state index in [-0.39, 0.29) is 11.5 Å². The lowest BCUT2D eigenvalue weighted by Gasteiger charge is -2.23. The average Bonchev–Trinajstić information content (AvgIpc) is 3.08. The molecule has 0 aliphatic carbocycles. The predicted molar refractivity (Wildman–Crippen MR) is 97.1 cm³/mol. The molecule has 2 heterocycles. The maximum atomic E-state index is 12.8. The summed E-state index contributed by atoms with van der Waals surface area (Å²) >= 11 is 6.19. The molecule has 2 amide bonds. The van der Waals surface area contributed by atoms with Gasteiger partial charge in [0.1, 0.15) is 5.69 Å². The van der Waals surface area contributed by atoms with Crippen molar-refractivity contribution in [3.05, 3.63) is 22.7 Å². The number of amides is 2. The van der Waals surface area contributed by atoms with Gasteiger partial charge < -0.3 is 14.8 Å². The van der Waals surface area contributed by atoms with Crippen molar-refractivity contribution in [3.63, 3.8) is 0 Å². The van der Waals surface area contributed by atoms with Gasteiger partial charge in [-0.2, -0.15) is 0 Å². The SMILES string of the molecule is Cn1nnnc1NC(=O)c1ccc(OC(F)(F)F)c(NC(=O)C2CCOCC2)c1Cl. The molecule has 2 N–H and O–H groups in total. The van der Waals surface area contributed by atoms with Crippen LogP contribution in [0.25, 0.3) is 0 Å². The Morgan fingerprint density at radius 1 is 1.27 bits per heavy atom. The van der Waals surface area contributed by atoms with Gasteiger partial charge in [-0.1, -0.05) is 16.7 Å². The summed E-state index contributed by atoms with van der Waals surface area (Å²) < 4.78 is 48.7. The second-order valence-electron chi connectivity index (χ2n) is 6.30. The Balaban J connectivity index is 1.91. The number of tetrazole rings is 1. The highest BCUT2D eigenvalue weighted by molar-refractivity contribution is 6.37. The number of halogens is 4. The molecule has 0 spiro atoms. The number of carbonyl (C=O) groups is 2. The van der Waals surface area contributed by atoms with E-state index in [2.05, 4.69) is 30.9 Å². The average molecular weight is 449 g/mol. The lowest BCUT2D eigenvalue weighted by molar-refractivity contribution is -0.274. The smallest absolute Gasteiger partial charge is 0.404 e. The molecule has 3 rings (SSSR count). The third-order valence-electron chi connectivity index (χ3n) is 4.26. The highest BCUT2D eigenvalue weighted by Gasteiger charge is 2.34. The number of hydrogen-bond acceptors (Lipinski definition) is 7. The van der Waals surface area contributed by atoms with Crippen molar-refractivity contribution in [3.8, 4) is 5.75 Å². The van der Waals surface area contributed by atoms with E-state index in [9.17, 15) is 22.8 Å². The van der Waals surface area contributed by atoms with Crippen molar-refractivity contribution in [2.75, 3.05) is 23.8 Å². The highest BCUT2D eigenvalue weighted by atomic mass is 35.5. The molecule has 1 fully saturated rings. The highest BCUT2D eigenvalue weighted by Crippen LogP contribution is 2.39. The molecule has 0 unspecified atom stereocenters.